The molecule has 2 atom stereocenters. The zero-order chi connectivity index (χ0) is 20.6. The molecule has 0 aromatic heterocycles. The van der Waals surface area contributed by atoms with Crippen molar-refractivity contribution in [2.45, 2.75) is 32.0 Å². The van der Waals surface area contributed by atoms with Gasteiger partial charge < -0.3 is 9.64 Å². The summed E-state index contributed by atoms with van der Waals surface area (Å²) in [4.78, 5) is 16.8. The fourth-order valence-electron chi connectivity index (χ4n) is 4.32. The third kappa shape index (κ3) is 4.02. The highest BCUT2D eigenvalue weighted by Crippen LogP contribution is 2.32. The SMILES string of the molecule is CCc1ccc(N2C(=O)CN(Cc3ccc(OC)cc3)[C@H]3CS(=O)(=O)C[C@H]32)cc1. The summed E-state index contributed by atoms with van der Waals surface area (Å²) in [6.07, 6.45) is 0.921. The summed E-state index contributed by atoms with van der Waals surface area (Å²) in [5.74, 6) is 0.815. The summed E-state index contributed by atoms with van der Waals surface area (Å²) in [7, 11) is -1.58. The molecule has 2 saturated heterocycles. The van der Waals surface area contributed by atoms with Gasteiger partial charge in [0.1, 0.15) is 5.75 Å². The number of aryl methyl sites for hydroxylation is 1. The molecule has 0 N–H and O–H groups in total. The summed E-state index contributed by atoms with van der Waals surface area (Å²) < 4.78 is 30.2. The second kappa shape index (κ2) is 7.80. The third-order valence-corrected chi connectivity index (χ3v) is 7.57. The van der Waals surface area contributed by atoms with Crippen molar-refractivity contribution in [2.75, 3.05) is 30.1 Å². The average Bonchev–Trinajstić information content (AvgIpc) is 3.04. The highest BCUT2D eigenvalue weighted by Gasteiger charge is 2.49. The minimum Gasteiger partial charge on any atom is -0.497 e. The van der Waals surface area contributed by atoms with Crippen molar-refractivity contribution in [1.82, 2.24) is 4.90 Å². The molecular weight excluding hydrogens is 388 g/mol. The number of rotatable bonds is 5. The highest BCUT2D eigenvalue weighted by molar-refractivity contribution is 7.91. The minimum atomic E-state index is -3.20. The standard InChI is InChI=1S/C22H26N2O4S/c1-3-16-4-8-18(9-5-16)24-21-15-29(26,27)14-20(21)23(13-22(24)25)12-17-6-10-19(28-2)11-7-17/h4-11,20-21H,3,12-15H2,1-2H3/t20-,21+/m0/s1. The van der Waals surface area contributed by atoms with Gasteiger partial charge in [-0.05, 0) is 41.8 Å². The van der Waals surface area contributed by atoms with Gasteiger partial charge in [-0.25, -0.2) is 8.42 Å². The number of amides is 1. The molecule has 0 bridgehead atoms. The number of carbonyl (C=O) groups is 1. The third-order valence-electron chi connectivity index (χ3n) is 5.87. The van der Waals surface area contributed by atoms with Gasteiger partial charge in [-0.3, -0.25) is 9.69 Å². The van der Waals surface area contributed by atoms with Gasteiger partial charge in [0.25, 0.3) is 0 Å². The number of carbonyl (C=O) groups excluding carboxylic acids is 1. The highest BCUT2D eigenvalue weighted by atomic mass is 32.2. The summed E-state index contributed by atoms with van der Waals surface area (Å²) in [5, 5.41) is 0. The van der Waals surface area contributed by atoms with Crippen LogP contribution < -0.4 is 9.64 Å². The van der Waals surface area contributed by atoms with Crippen molar-refractivity contribution < 1.29 is 17.9 Å². The van der Waals surface area contributed by atoms with Crippen molar-refractivity contribution in [2.24, 2.45) is 0 Å². The van der Waals surface area contributed by atoms with Crippen LogP contribution in [-0.4, -0.2) is 56.5 Å². The lowest BCUT2D eigenvalue weighted by Crippen LogP contribution is -2.61. The maximum atomic E-state index is 13.1. The van der Waals surface area contributed by atoms with E-state index >= 15 is 0 Å². The first-order chi connectivity index (χ1) is 13.9. The smallest absolute Gasteiger partial charge is 0.241 e. The van der Waals surface area contributed by atoms with Crippen LogP contribution in [0.2, 0.25) is 0 Å². The van der Waals surface area contributed by atoms with E-state index in [1.165, 1.54) is 5.56 Å². The summed E-state index contributed by atoms with van der Waals surface area (Å²) in [5.41, 5.74) is 3.00. The number of sulfone groups is 1. The molecule has 29 heavy (non-hydrogen) atoms. The molecule has 2 fully saturated rings. The first-order valence-electron chi connectivity index (χ1n) is 9.88. The Morgan fingerprint density at radius 3 is 2.21 bits per heavy atom. The van der Waals surface area contributed by atoms with E-state index in [0.29, 0.717) is 6.54 Å². The fourth-order valence-corrected chi connectivity index (χ4v) is 6.31. The summed E-state index contributed by atoms with van der Waals surface area (Å²) in [6.45, 7) is 2.82. The molecule has 7 heteroatoms. The molecule has 0 spiro atoms. The number of piperazine rings is 1. The van der Waals surface area contributed by atoms with Crippen LogP contribution in [-0.2, 0) is 27.6 Å². The Bertz CT molecular complexity index is 986. The molecule has 1 amide bonds. The van der Waals surface area contributed by atoms with Crippen molar-refractivity contribution in [3.8, 4) is 5.75 Å². The van der Waals surface area contributed by atoms with Crippen LogP contribution in [0.4, 0.5) is 5.69 Å². The average molecular weight is 415 g/mol. The Morgan fingerprint density at radius 2 is 1.59 bits per heavy atom. The molecule has 0 aliphatic carbocycles. The van der Waals surface area contributed by atoms with Crippen LogP contribution in [0, 0.1) is 0 Å². The summed E-state index contributed by atoms with van der Waals surface area (Å²) in [6, 6.07) is 15.0. The Morgan fingerprint density at radius 1 is 0.966 bits per heavy atom. The molecule has 6 nitrogen and oxygen atoms in total. The molecule has 2 aliphatic heterocycles. The molecule has 2 aromatic carbocycles. The molecule has 4 rings (SSSR count). The molecule has 0 unspecified atom stereocenters. The fraction of sp³-hybridized carbons (Fsp3) is 0.409. The van der Waals surface area contributed by atoms with E-state index in [4.69, 9.17) is 4.74 Å². The lowest BCUT2D eigenvalue weighted by atomic mass is 10.0. The predicted octanol–water partition coefficient (Wildman–Crippen LogP) is 2.27. The van der Waals surface area contributed by atoms with Crippen molar-refractivity contribution in [3.05, 3.63) is 59.7 Å². The second-order valence-electron chi connectivity index (χ2n) is 7.75. The number of fused-ring (bicyclic) bond motifs is 1. The molecule has 2 aromatic rings. The number of hydrogen-bond donors (Lipinski definition) is 0. The van der Waals surface area contributed by atoms with Crippen LogP contribution in [0.25, 0.3) is 0 Å². The van der Waals surface area contributed by atoms with E-state index in [0.717, 1.165) is 23.4 Å². The Kier molecular flexibility index (Phi) is 5.36. The van der Waals surface area contributed by atoms with Gasteiger partial charge in [-0.2, -0.15) is 0 Å². The van der Waals surface area contributed by atoms with Gasteiger partial charge in [-0.15, -0.1) is 0 Å². The quantitative estimate of drug-likeness (QED) is 0.751. The Balaban J connectivity index is 1.61. The monoisotopic (exact) mass is 414 g/mol. The van der Waals surface area contributed by atoms with Gasteiger partial charge in [0.05, 0.1) is 31.2 Å². The first kappa shape index (κ1) is 19.9. The van der Waals surface area contributed by atoms with Crippen LogP contribution in [0.1, 0.15) is 18.1 Å². The molecule has 0 radical (unpaired) electrons. The van der Waals surface area contributed by atoms with E-state index in [9.17, 15) is 13.2 Å². The van der Waals surface area contributed by atoms with E-state index in [2.05, 4.69) is 6.92 Å². The zero-order valence-corrected chi connectivity index (χ0v) is 17.6. The predicted molar refractivity (Wildman–Crippen MR) is 113 cm³/mol. The van der Waals surface area contributed by atoms with Crippen molar-refractivity contribution in [1.29, 1.82) is 0 Å². The van der Waals surface area contributed by atoms with Gasteiger partial charge in [-0.1, -0.05) is 31.2 Å². The van der Waals surface area contributed by atoms with Gasteiger partial charge in [0, 0.05) is 18.3 Å². The number of hydrogen-bond acceptors (Lipinski definition) is 5. The van der Waals surface area contributed by atoms with Crippen molar-refractivity contribution >= 4 is 21.4 Å². The van der Waals surface area contributed by atoms with Gasteiger partial charge >= 0.3 is 0 Å². The molecule has 0 saturated carbocycles. The zero-order valence-electron chi connectivity index (χ0n) is 16.7. The number of anilines is 1. The van der Waals surface area contributed by atoms with E-state index in [1.54, 1.807) is 12.0 Å². The van der Waals surface area contributed by atoms with Crippen LogP contribution in [0.5, 0.6) is 5.75 Å². The lowest BCUT2D eigenvalue weighted by molar-refractivity contribution is -0.123. The topological polar surface area (TPSA) is 66.9 Å². The molecule has 2 heterocycles. The van der Waals surface area contributed by atoms with E-state index < -0.39 is 9.84 Å². The van der Waals surface area contributed by atoms with Gasteiger partial charge in [0.15, 0.2) is 9.84 Å². The summed E-state index contributed by atoms with van der Waals surface area (Å²) >= 11 is 0. The maximum Gasteiger partial charge on any atom is 0.241 e. The van der Waals surface area contributed by atoms with E-state index in [-0.39, 0.29) is 36.0 Å². The van der Waals surface area contributed by atoms with Crippen molar-refractivity contribution in [3.63, 3.8) is 0 Å². The Labute approximate surface area is 172 Å². The lowest BCUT2D eigenvalue weighted by Gasteiger charge is -2.43. The molecular formula is C22H26N2O4S. The largest absolute Gasteiger partial charge is 0.497 e. The first-order valence-corrected chi connectivity index (χ1v) is 11.7. The van der Waals surface area contributed by atoms with Crippen LogP contribution in [0.15, 0.2) is 48.5 Å². The normalized spacial score (nSPS) is 23.8. The second-order valence-corrected chi connectivity index (χ2v) is 9.90. The Hall–Kier alpha value is -2.38. The number of nitrogens with zero attached hydrogens (tertiary/aromatic N) is 2. The number of ether oxygens (including phenoxy) is 1. The number of benzene rings is 2. The van der Waals surface area contributed by atoms with Crippen LogP contribution in [0.3, 0.4) is 0 Å². The molecule has 2 aliphatic rings. The maximum absolute atomic E-state index is 13.1. The minimum absolute atomic E-state index is 0.0120. The molecule has 154 valence electrons. The number of methoxy groups -OCH3 is 1. The van der Waals surface area contributed by atoms with E-state index in [1.807, 2.05) is 53.4 Å². The van der Waals surface area contributed by atoms with Gasteiger partial charge in [0.2, 0.25) is 5.91 Å². The van der Waals surface area contributed by atoms with Crippen LogP contribution >= 0.6 is 0 Å².